The summed E-state index contributed by atoms with van der Waals surface area (Å²) in [4.78, 5) is 21.8. The molecule has 0 aromatic heterocycles. The molecule has 6 heteroatoms. The second-order valence-electron chi connectivity index (χ2n) is 3.88. The summed E-state index contributed by atoms with van der Waals surface area (Å²) >= 11 is 1.41. The molecular formula is C13H16O5S. The summed E-state index contributed by atoms with van der Waals surface area (Å²) in [6, 6.07) is 2.98. The molecule has 104 valence electrons. The minimum Gasteiger partial charge on any atom is -0.507 e. The molecule has 0 saturated heterocycles. The van der Waals surface area contributed by atoms with Crippen molar-refractivity contribution in [2.24, 2.45) is 0 Å². The van der Waals surface area contributed by atoms with Crippen LogP contribution in [0.25, 0.3) is 0 Å². The summed E-state index contributed by atoms with van der Waals surface area (Å²) in [5.74, 6) is -0.433. The molecular weight excluding hydrogens is 268 g/mol. The number of hydrogen-bond acceptors (Lipinski definition) is 5. The fourth-order valence-electron chi connectivity index (χ4n) is 1.49. The normalized spacial score (nSPS) is 10.2. The Morgan fingerprint density at radius 2 is 2.16 bits per heavy atom. The van der Waals surface area contributed by atoms with Crippen LogP contribution in [0.15, 0.2) is 17.0 Å². The van der Waals surface area contributed by atoms with Gasteiger partial charge < -0.3 is 14.9 Å². The standard InChI is InChI=1S/C13H16O5S/c1-19-12-6-9(8-14)10(15)7-11(12)18-5-3-2-4-13(16)17/h6-8,15H,2-5H2,1H3,(H,16,17). The van der Waals surface area contributed by atoms with Crippen molar-refractivity contribution in [2.75, 3.05) is 12.9 Å². The van der Waals surface area contributed by atoms with Crippen LogP contribution >= 0.6 is 11.8 Å². The van der Waals surface area contributed by atoms with Crippen molar-refractivity contribution in [1.82, 2.24) is 0 Å². The number of phenols is 1. The van der Waals surface area contributed by atoms with E-state index in [-0.39, 0.29) is 17.7 Å². The number of benzene rings is 1. The lowest BCUT2D eigenvalue weighted by Crippen LogP contribution is -2.01. The van der Waals surface area contributed by atoms with Gasteiger partial charge in [-0.2, -0.15) is 0 Å². The van der Waals surface area contributed by atoms with Crippen LogP contribution in [0, 0.1) is 0 Å². The largest absolute Gasteiger partial charge is 0.507 e. The average Bonchev–Trinajstić information content (AvgIpc) is 2.38. The molecule has 0 fully saturated rings. The van der Waals surface area contributed by atoms with E-state index >= 15 is 0 Å². The number of aromatic hydroxyl groups is 1. The Morgan fingerprint density at radius 1 is 1.42 bits per heavy atom. The third kappa shape index (κ3) is 4.82. The number of rotatable bonds is 8. The number of phenolic OH excluding ortho intramolecular Hbond substituents is 1. The molecule has 5 nitrogen and oxygen atoms in total. The minimum absolute atomic E-state index is 0.117. The molecule has 0 bridgehead atoms. The van der Waals surface area contributed by atoms with E-state index in [1.54, 1.807) is 6.07 Å². The molecule has 1 rings (SSSR count). The van der Waals surface area contributed by atoms with Crippen molar-refractivity contribution in [2.45, 2.75) is 24.2 Å². The molecule has 0 heterocycles. The zero-order valence-electron chi connectivity index (χ0n) is 10.6. The van der Waals surface area contributed by atoms with E-state index in [0.29, 0.717) is 31.5 Å². The molecule has 0 radical (unpaired) electrons. The van der Waals surface area contributed by atoms with E-state index in [1.165, 1.54) is 17.8 Å². The summed E-state index contributed by atoms with van der Waals surface area (Å²) in [5.41, 5.74) is 0.225. The van der Waals surface area contributed by atoms with Gasteiger partial charge in [-0.25, -0.2) is 0 Å². The average molecular weight is 284 g/mol. The number of carbonyl (C=O) groups is 2. The molecule has 1 aromatic rings. The van der Waals surface area contributed by atoms with Gasteiger partial charge in [-0.15, -0.1) is 11.8 Å². The van der Waals surface area contributed by atoms with Crippen LogP contribution in [-0.2, 0) is 4.79 Å². The molecule has 2 N–H and O–H groups in total. The van der Waals surface area contributed by atoms with Gasteiger partial charge in [0.05, 0.1) is 17.1 Å². The van der Waals surface area contributed by atoms with Gasteiger partial charge in [0.2, 0.25) is 0 Å². The van der Waals surface area contributed by atoms with Crippen LogP contribution in [0.1, 0.15) is 29.6 Å². The summed E-state index contributed by atoms with van der Waals surface area (Å²) < 4.78 is 5.50. The fraction of sp³-hybridized carbons (Fsp3) is 0.385. The Labute approximate surface area is 115 Å². The van der Waals surface area contributed by atoms with E-state index < -0.39 is 5.97 Å². The maximum absolute atomic E-state index is 10.7. The van der Waals surface area contributed by atoms with E-state index in [2.05, 4.69) is 0 Å². The first-order chi connectivity index (χ1) is 9.08. The summed E-state index contributed by atoms with van der Waals surface area (Å²) in [6.07, 6.45) is 3.72. The number of carbonyl (C=O) groups excluding carboxylic acids is 1. The number of thioether (sulfide) groups is 1. The van der Waals surface area contributed by atoms with Gasteiger partial charge in [0.15, 0.2) is 6.29 Å². The van der Waals surface area contributed by atoms with Gasteiger partial charge in [-0.3, -0.25) is 9.59 Å². The third-order valence-corrected chi connectivity index (χ3v) is 3.24. The summed E-state index contributed by atoms with van der Waals surface area (Å²) in [7, 11) is 0. The lowest BCUT2D eigenvalue weighted by Gasteiger charge is -2.11. The smallest absolute Gasteiger partial charge is 0.303 e. The maximum atomic E-state index is 10.7. The van der Waals surface area contributed by atoms with Crippen LogP contribution in [0.4, 0.5) is 0 Å². The molecule has 0 aliphatic carbocycles. The maximum Gasteiger partial charge on any atom is 0.303 e. The number of carboxylic acid groups (broad SMARTS) is 1. The van der Waals surface area contributed by atoms with Crippen molar-refractivity contribution >= 4 is 24.0 Å². The van der Waals surface area contributed by atoms with Crippen LogP contribution < -0.4 is 4.74 Å². The van der Waals surface area contributed by atoms with E-state index in [4.69, 9.17) is 9.84 Å². The molecule has 0 saturated carbocycles. The molecule has 1 aromatic carbocycles. The predicted octanol–water partition coefficient (Wildman–Crippen LogP) is 2.56. The van der Waals surface area contributed by atoms with Crippen molar-refractivity contribution in [3.05, 3.63) is 17.7 Å². The van der Waals surface area contributed by atoms with Gasteiger partial charge in [-0.1, -0.05) is 0 Å². The summed E-state index contributed by atoms with van der Waals surface area (Å²) in [5, 5.41) is 18.1. The Kier molecular flexibility index (Phi) is 6.21. The van der Waals surface area contributed by atoms with Crippen molar-refractivity contribution in [1.29, 1.82) is 0 Å². The van der Waals surface area contributed by atoms with Gasteiger partial charge in [0.1, 0.15) is 11.5 Å². The number of unbranched alkanes of at least 4 members (excludes halogenated alkanes) is 1. The number of carboxylic acids is 1. The van der Waals surface area contributed by atoms with Crippen LogP contribution in [0.5, 0.6) is 11.5 Å². The molecule has 0 spiro atoms. The van der Waals surface area contributed by atoms with Crippen LogP contribution in [0.3, 0.4) is 0 Å². The van der Waals surface area contributed by atoms with Crippen molar-refractivity contribution in [3.63, 3.8) is 0 Å². The number of aliphatic carboxylic acids is 1. The monoisotopic (exact) mass is 284 g/mol. The van der Waals surface area contributed by atoms with Crippen molar-refractivity contribution in [3.8, 4) is 11.5 Å². The molecule has 0 aliphatic rings. The Morgan fingerprint density at radius 3 is 2.74 bits per heavy atom. The van der Waals surface area contributed by atoms with Crippen LogP contribution in [-0.4, -0.2) is 35.3 Å². The molecule has 0 unspecified atom stereocenters. The second kappa shape index (κ2) is 7.68. The topological polar surface area (TPSA) is 83.8 Å². The summed E-state index contributed by atoms with van der Waals surface area (Å²) in [6.45, 7) is 0.376. The lowest BCUT2D eigenvalue weighted by atomic mass is 10.2. The second-order valence-corrected chi connectivity index (χ2v) is 4.73. The van der Waals surface area contributed by atoms with Gasteiger partial charge in [0.25, 0.3) is 0 Å². The van der Waals surface area contributed by atoms with Crippen LogP contribution in [0.2, 0.25) is 0 Å². The first-order valence-corrected chi connectivity index (χ1v) is 7.01. The van der Waals surface area contributed by atoms with Gasteiger partial charge in [-0.05, 0) is 25.2 Å². The Balaban J connectivity index is 2.60. The molecule has 0 atom stereocenters. The zero-order valence-corrected chi connectivity index (χ0v) is 11.4. The third-order valence-electron chi connectivity index (χ3n) is 2.48. The highest BCUT2D eigenvalue weighted by Crippen LogP contribution is 2.33. The predicted molar refractivity (Wildman–Crippen MR) is 72.3 cm³/mol. The number of hydrogen-bond donors (Lipinski definition) is 2. The number of aldehydes is 1. The molecule has 0 amide bonds. The number of ether oxygens (including phenoxy) is 1. The first-order valence-electron chi connectivity index (χ1n) is 5.79. The van der Waals surface area contributed by atoms with Gasteiger partial charge >= 0.3 is 5.97 Å². The molecule has 19 heavy (non-hydrogen) atoms. The highest BCUT2D eigenvalue weighted by molar-refractivity contribution is 7.98. The quantitative estimate of drug-likeness (QED) is 0.433. The fourth-order valence-corrected chi connectivity index (χ4v) is 2.06. The van der Waals surface area contributed by atoms with Gasteiger partial charge in [0, 0.05) is 12.5 Å². The SMILES string of the molecule is CSc1cc(C=O)c(O)cc1OCCCCC(=O)O. The first kappa shape index (κ1) is 15.4. The van der Waals surface area contributed by atoms with E-state index in [9.17, 15) is 14.7 Å². The minimum atomic E-state index is -0.821. The van der Waals surface area contributed by atoms with Crippen molar-refractivity contribution < 1.29 is 24.5 Å². The Bertz CT molecular complexity index is 459. The Hall–Kier alpha value is -1.69. The van der Waals surface area contributed by atoms with E-state index in [0.717, 1.165) is 4.90 Å². The molecule has 0 aliphatic heterocycles. The zero-order chi connectivity index (χ0) is 14.3. The lowest BCUT2D eigenvalue weighted by molar-refractivity contribution is -0.137. The highest BCUT2D eigenvalue weighted by Gasteiger charge is 2.09. The van der Waals surface area contributed by atoms with E-state index in [1.807, 2.05) is 6.26 Å². The highest BCUT2D eigenvalue weighted by atomic mass is 32.2.